The molecule has 5 heteroatoms. The normalized spacial score (nSPS) is 12.2. The van der Waals surface area contributed by atoms with Gasteiger partial charge in [0.2, 0.25) is 0 Å². The molecule has 0 aliphatic rings. The summed E-state index contributed by atoms with van der Waals surface area (Å²) in [5.74, 6) is -0.538. The molecule has 1 aromatic rings. The number of ether oxygens (including phenoxy) is 2. The zero-order chi connectivity index (χ0) is 12.8. The quantitative estimate of drug-likeness (QED) is 0.787. The van der Waals surface area contributed by atoms with Crippen molar-refractivity contribution >= 4 is 5.97 Å². The molecule has 1 atom stereocenters. The smallest absolute Gasteiger partial charge is 0.340 e. The van der Waals surface area contributed by atoms with Crippen LogP contribution in [-0.4, -0.2) is 24.2 Å². The predicted octanol–water partition coefficient (Wildman–Crippen LogP) is 1.32. The highest BCUT2D eigenvalue weighted by Crippen LogP contribution is 2.15. The van der Waals surface area contributed by atoms with Crippen molar-refractivity contribution in [2.45, 2.75) is 26.9 Å². The first-order valence-electron chi connectivity index (χ1n) is 5.58. The lowest BCUT2D eigenvalue weighted by Crippen LogP contribution is -2.26. The Balaban J connectivity index is 3.05. The minimum atomic E-state index is -0.954. The number of aromatic nitrogens is 1. The number of hydrogen-bond acceptors (Lipinski definition) is 4. The summed E-state index contributed by atoms with van der Waals surface area (Å²) in [6, 6.07) is 3.31. The van der Waals surface area contributed by atoms with E-state index in [9.17, 15) is 9.59 Å². The lowest BCUT2D eigenvalue weighted by Gasteiger charge is -2.15. The van der Waals surface area contributed by atoms with E-state index in [2.05, 4.69) is 4.98 Å². The lowest BCUT2D eigenvalue weighted by molar-refractivity contribution is -0.157. The molecule has 0 bridgehead atoms. The van der Waals surface area contributed by atoms with Crippen LogP contribution in [0.3, 0.4) is 0 Å². The van der Waals surface area contributed by atoms with Gasteiger partial charge in [0.05, 0.1) is 12.2 Å². The van der Waals surface area contributed by atoms with Gasteiger partial charge in [-0.25, -0.2) is 4.79 Å². The zero-order valence-corrected chi connectivity index (χ0v) is 10.3. The number of carbonyl (C=O) groups excluding carboxylic acids is 1. The minimum Gasteiger partial charge on any atom is -0.464 e. The van der Waals surface area contributed by atoms with Crippen molar-refractivity contribution in [2.24, 2.45) is 0 Å². The van der Waals surface area contributed by atoms with Gasteiger partial charge >= 0.3 is 5.97 Å². The van der Waals surface area contributed by atoms with E-state index in [1.165, 1.54) is 0 Å². The van der Waals surface area contributed by atoms with E-state index < -0.39 is 12.1 Å². The fourth-order valence-corrected chi connectivity index (χ4v) is 1.46. The molecule has 0 amide bonds. The van der Waals surface area contributed by atoms with E-state index in [1.54, 1.807) is 32.9 Å². The molecule has 0 spiro atoms. The van der Waals surface area contributed by atoms with E-state index in [0.29, 0.717) is 6.61 Å². The summed E-state index contributed by atoms with van der Waals surface area (Å²) < 4.78 is 10.1. The van der Waals surface area contributed by atoms with Crippen molar-refractivity contribution in [3.63, 3.8) is 0 Å². The minimum absolute atomic E-state index is 0.256. The molecule has 94 valence electrons. The first-order chi connectivity index (χ1) is 8.10. The second-order valence-corrected chi connectivity index (χ2v) is 3.51. The molecule has 1 heterocycles. The van der Waals surface area contributed by atoms with Crippen molar-refractivity contribution in [1.29, 1.82) is 0 Å². The Kier molecular flexibility index (Phi) is 4.90. The van der Waals surface area contributed by atoms with E-state index in [1.807, 2.05) is 0 Å². The number of esters is 1. The van der Waals surface area contributed by atoms with Gasteiger partial charge in [0, 0.05) is 12.3 Å². The van der Waals surface area contributed by atoms with E-state index >= 15 is 0 Å². The standard InChI is InChI=1S/C12H17NO4/c1-4-16-10(12(15)17-5-2)9-7-6-8(3)13-11(9)14/h6-7,10H,4-5H2,1-3H3,(H,13,14). The Hall–Kier alpha value is -1.62. The summed E-state index contributed by atoms with van der Waals surface area (Å²) in [6.07, 6.45) is -0.954. The van der Waals surface area contributed by atoms with Crippen LogP contribution in [0.15, 0.2) is 16.9 Å². The average molecular weight is 239 g/mol. The number of aromatic amines is 1. The maximum atomic E-state index is 11.7. The molecule has 0 fully saturated rings. The Bertz CT molecular complexity index is 438. The first-order valence-corrected chi connectivity index (χ1v) is 5.58. The maximum absolute atomic E-state index is 11.7. The zero-order valence-electron chi connectivity index (χ0n) is 10.3. The van der Waals surface area contributed by atoms with Crippen LogP contribution in [-0.2, 0) is 14.3 Å². The second-order valence-electron chi connectivity index (χ2n) is 3.51. The van der Waals surface area contributed by atoms with Crippen LogP contribution >= 0.6 is 0 Å². The highest BCUT2D eigenvalue weighted by molar-refractivity contribution is 5.76. The van der Waals surface area contributed by atoms with Gasteiger partial charge in [0.1, 0.15) is 0 Å². The molecule has 17 heavy (non-hydrogen) atoms. The maximum Gasteiger partial charge on any atom is 0.340 e. The van der Waals surface area contributed by atoms with Gasteiger partial charge in [-0.15, -0.1) is 0 Å². The molecule has 0 aromatic carbocycles. The number of nitrogens with one attached hydrogen (secondary N) is 1. The van der Waals surface area contributed by atoms with Gasteiger partial charge in [-0.05, 0) is 32.9 Å². The first kappa shape index (κ1) is 13.4. The number of hydrogen-bond donors (Lipinski definition) is 1. The lowest BCUT2D eigenvalue weighted by atomic mass is 10.1. The molecule has 0 saturated heterocycles. The van der Waals surface area contributed by atoms with E-state index in [4.69, 9.17) is 9.47 Å². The van der Waals surface area contributed by atoms with Crippen LogP contribution in [0.1, 0.15) is 31.2 Å². The summed E-state index contributed by atoms with van der Waals surface area (Å²) in [5.41, 5.74) is 0.685. The van der Waals surface area contributed by atoms with Crippen LogP contribution in [0.5, 0.6) is 0 Å². The SMILES string of the molecule is CCOC(=O)C(OCC)c1ccc(C)[nH]c1=O. The van der Waals surface area contributed by atoms with Crippen LogP contribution in [0.4, 0.5) is 0 Å². The van der Waals surface area contributed by atoms with Gasteiger partial charge < -0.3 is 14.5 Å². The van der Waals surface area contributed by atoms with Crippen molar-refractivity contribution in [3.05, 3.63) is 33.7 Å². The summed E-state index contributed by atoms with van der Waals surface area (Å²) >= 11 is 0. The topological polar surface area (TPSA) is 68.4 Å². The second kappa shape index (κ2) is 6.20. The molecule has 1 unspecified atom stereocenters. The van der Waals surface area contributed by atoms with Gasteiger partial charge in [-0.2, -0.15) is 0 Å². The van der Waals surface area contributed by atoms with Crippen molar-refractivity contribution < 1.29 is 14.3 Å². The predicted molar refractivity (Wildman–Crippen MR) is 62.8 cm³/mol. The van der Waals surface area contributed by atoms with Crippen LogP contribution in [0.25, 0.3) is 0 Å². The number of H-pyrrole nitrogens is 1. The molecule has 1 rings (SSSR count). The molecule has 1 N–H and O–H groups in total. The fourth-order valence-electron chi connectivity index (χ4n) is 1.46. The summed E-state index contributed by atoms with van der Waals surface area (Å²) in [7, 11) is 0. The van der Waals surface area contributed by atoms with Crippen molar-refractivity contribution in [3.8, 4) is 0 Å². The fraction of sp³-hybridized carbons (Fsp3) is 0.500. The molecule has 0 saturated carbocycles. The number of rotatable bonds is 5. The van der Waals surface area contributed by atoms with Crippen LogP contribution < -0.4 is 5.56 Å². The summed E-state index contributed by atoms with van der Waals surface area (Å²) in [4.78, 5) is 26.0. The molecule has 0 aliphatic heterocycles. The molecular weight excluding hydrogens is 222 g/mol. The average Bonchev–Trinajstić information content (AvgIpc) is 2.27. The molecule has 5 nitrogen and oxygen atoms in total. The van der Waals surface area contributed by atoms with E-state index in [-0.39, 0.29) is 17.7 Å². The Morgan fingerprint density at radius 2 is 2.06 bits per heavy atom. The number of aryl methyl sites for hydroxylation is 1. The van der Waals surface area contributed by atoms with E-state index in [0.717, 1.165) is 5.69 Å². The molecule has 1 aromatic heterocycles. The summed E-state index contributed by atoms with van der Waals surface area (Å²) in [6.45, 7) is 5.82. The molecule has 0 aliphatic carbocycles. The Morgan fingerprint density at radius 1 is 1.35 bits per heavy atom. The van der Waals surface area contributed by atoms with Crippen molar-refractivity contribution in [2.75, 3.05) is 13.2 Å². The van der Waals surface area contributed by atoms with Crippen LogP contribution in [0.2, 0.25) is 0 Å². The Morgan fingerprint density at radius 3 is 2.59 bits per heavy atom. The third kappa shape index (κ3) is 3.42. The number of pyridine rings is 1. The largest absolute Gasteiger partial charge is 0.464 e. The Labute approximate surface area is 99.8 Å². The summed E-state index contributed by atoms with van der Waals surface area (Å²) in [5, 5.41) is 0. The third-order valence-corrected chi connectivity index (χ3v) is 2.20. The number of carbonyl (C=O) groups is 1. The monoisotopic (exact) mass is 239 g/mol. The van der Waals surface area contributed by atoms with Crippen LogP contribution in [0, 0.1) is 6.92 Å². The van der Waals surface area contributed by atoms with Gasteiger partial charge in [-0.3, -0.25) is 4.79 Å². The molecular formula is C12H17NO4. The highest BCUT2D eigenvalue weighted by atomic mass is 16.6. The molecule has 0 radical (unpaired) electrons. The van der Waals surface area contributed by atoms with Gasteiger partial charge in [0.25, 0.3) is 5.56 Å². The third-order valence-electron chi connectivity index (χ3n) is 2.20. The highest BCUT2D eigenvalue weighted by Gasteiger charge is 2.24. The van der Waals surface area contributed by atoms with Gasteiger partial charge in [0.15, 0.2) is 6.10 Å². The van der Waals surface area contributed by atoms with Gasteiger partial charge in [-0.1, -0.05) is 0 Å². The van der Waals surface area contributed by atoms with Crippen molar-refractivity contribution in [1.82, 2.24) is 4.98 Å².